The van der Waals surface area contributed by atoms with Gasteiger partial charge in [-0.25, -0.2) is 0 Å². The molecular formula is C29H27N6O2+. The smallest absolute Gasteiger partial charge is 0.351 e. The summed E-state index contributed by atoms with van der Waals surface area (Å²) in [5.41, 5.74) is 5.61. The molecule has 184 valence electrons. The summed E-state index contributed by atoms with van der Waals surface area (Å²) in [5.74, 6) is 1.78. The molecule has 3 aliphatic heterocycles. The Morgan fingerprint density at radius 1 is 1.05 bits per heavy atom. The molecule has 0 aromatic heterocycles. The molecule has 3 aliphatic rings. The van der Waals surface area contributed by atoms with Crippen molar-refractivity contribution in [2.45, 2.75) is 6.54 Å². The number of hydrogen-bond donors (Lipinski definition) is 1. The number of amidine groups is 2. The van der Waals surface area contributed by atoms with E-state index in [0.29, 0.717) is 37.2 Å². The SMILES string of the molecule is COc1cccc(C2=N[N+]3(C#N)C(=N2)C=Cc2cc(N4CCOCC4)cc(NCc4ccccc4)c23)c1. The fourth-order valence-electron chi connectivity index (χ4n) is 4.94. The van der Waals surface area contributed by atoms with E-state index in [4.69, 9.17) is 19.6 Å². The zero-order valence-corrected chi connectivity index (χ0v) is 20.6. The molecule has 0 radical (unpaired) electrons. The minimum absolute atomic E-state index is 0.362. The molecule has 1 N–H and O–H groups in total. The van der Waals surface area contributed by atoms with Crippen LogP contribution in [0.4, 0.5) is 17.1 Å². The summed E-state index contributed by atoms with van der Waals surface area (Å²) in [6, 6.07) is 22.1. The Kier molecular flexibility index (Phi) is 5.93. The maximum absolute atomic E-state index is 10.6. The maximum Gasteiger partial charge on any atom is 0.351 e. The lowest BCUT2D eigenvalue weighted by atomic mass is 10.0. The number of nitrogens with one attached hydrogen (secondary N) is 1. The van der Waals surface area contributed by atoms with Crippen LogP contribution in [0.3, 0.4) is 0 Å². The summed E-state index contributed by atoms with van der Waals surface area (Å²) < 4.78 is 10.6. The van der Waals surface area contributed by atoms with Gasteiger partial charge >= 0.3 is 6.19 Å². The second-order valence-electron chi connectivity index (χ2n) is 9.06. The lowest BCUT2D eigenvalue weighted by molar-refractivity contribution is 0.122. The summed E-state index contributed by atoms with van der Waals surface area (Å²) in [4.78, 5) is 7.11. The summed E-state index contributed by atoms with van der Waals surface area (Å²) in [6.45, 7) is 3.66. The lowest BCUT2D eigenvalue weighted by Crippen LogP contribution is -2.44. The Labute approximate surface area is 216 Å². The van der Waals surface area contributed by atoms with Crippen LogP contribution in [0, 0.1) is 11.5 Å². The third-order valence-corrected chi connectivity index (χ3v) is 6.83. The van der Waals surface area contributed by atoms with Gasteiger partial charge in [-0.05, 0) is 45.6 Å². The molecule has 0 saturated carbocycles. The van der Waals surface area contributed by atoms with Crippen LogP contribution in [0.25, 0.3) is 6.08 Å². The van der Waals surface area contributed by atoms with Gasteiger partial charge in [0.15, 0.2) is 0 Å². The number of benzene rings is 3. The van der Waals surface area contributed by atoms with Crippen LogP contribution in [0.1, 0.15) is 16.7 Å². The predicted molar refractivity (Wildman–Crippen MR) is 147 cm³/mol. The molecule has 0 spiro atoms. The van der Waals surface area contributed by atoms with Gasteiger partial charge in [-0.3, -0.25) is 0 Å². The van der Waals surface area contributed by atoms with Crippen LogP contribution in [-0.2, 0) is 11.3 Å². The highest BCUT2D eigenvalue weighted by Crippen LogP contribution is 2.45. The monoisotopic (exact) mass is 491 g/mol. The molecule has 3 aromatic rings. The van der Waals surface area contributed by atoms with Crippen molar-refractivity contribution in [3.8, 4) is 11.9 Å². The van der Waals surface area contributed by atoms with Gasteiger partial charge in [-0.1, -0.05) is 42.5 Å². The number of nitriles is 1. The number of nitrogens with zero attached hydrogens (tertiary/aromatic N) is 5. The molecule has 37 heavy (non-hydrogen) atoms. The van der Waals surface area contributed by atoms with Crippen LogP contribution in [0.15, 0.2) is 82.9 Å². The first-order chi connectivity index (χ1) is 18.2. The fourth-order valence-corrected chi connectivity index (χ4v) is 4.94. The number of aliphatic imine (C=N–C) groups is 1. The van der Waals surface area contributed by atoms with E-state index < -0.39 is 0 Å². The molecule has 8 nitrogen and oxygen atoms in total. The van der Waals surface area contributed by atoms with Gasteiger partial charge in [-0.15, -0.1) is 5.26 Å². The quantitative estimate of drug-likeness (QED) is 0.398. The van der Waals surface area contributed by atoms with Crippen LogP contribution >= 0.6 is 0 Å². The van der Waals surface area contributed by atoms with E-state index in [0.717, 1.165) is 46.8 Å². The van der Waals surface area contributed by atoms with Gasteiger partial charge in [0, 0.05) is 42.5 Å². The van der Waals surface area contributed by atoms with Crippen molar-refractivity contribution in [1.29, 1.82) is 5.26 Å². The number of fused-ring (bicyclic) bond motifs is 3. The molecule has 3 aromatic carbocycles. The molecule has 1 fully saturated rings. The normalized spacial score (nSPS) is 19.8. The lowest BCUT2D eigenvalue weighted by Gasteiger charge is -2.31. The van der Waals surface area contributed by atoms with E-state index in [-0.39, 0.29) is 4.59 Å². The Morgan fingerprint density at radius 3 is 2.68 bits per heavy atom. The Morgan fingerprint density at radius 2 is 1.89 bits per heavy atom. The molecular weight excluding hydrogens is 464 g/mol. The van der Waals surface area contributed by atoms with Crippen LogP contribution < -0.4 is 19.5 Å². The van der Waals surface area contributed by atoms with Gasteiger partial charge in [0.1, 0.15) is 11.4 Å². The number of methoxy groups -OCH3 is 1. The van der Waals surface area contributed by atoms with E-state index in [1.807, 2.05) is 54.6 Å². The molecule has 0 amide bonds. The first-order valence-corrected chi connectivity index (χ1v) is 12.3. The minimum Gasteiger partial charge on any atom is -0.497 e. The molecule has 1 saturated heterocycles. The number of morpholine rings is 1. The maximum atomic E-state index is 10.6. The van der Waals surface area contributed by atoms with Crippen molar-refractivity contribution in [1.82, 2.24) is 4.59 Å². The topological polar surface area (TPSA) is 82.2 Å². The van der Waals surface area contributed by atoms with Crippen molar-refractivity contribution in [3.63, 3.8) is 0 Å². The van der Waals surface area contributed by atoms with E-state index in [2.05, 4.69) is 40.7 Å². The third kappa shape index (κ3) is 4.14. The van der Waals surface area contributed by atoms with Crippen molar-refractivity contribution >= 4 is 34.8 Å². The highest BCUT2D eigenvalue weighted by molar-refractivity contribution is 6.22. The molecule has 1 unspecified atom stereocenters. The zero-order chi connectivity index (χ0) is 25.2. The second-order valence-corrected chi connectivity index (χ2v) is 9.06. The minimum atomic E-state index is -0.362. The third-order valence-electron chi connectivity index (χ3n) is 6.83. The van der Waals surface area contributed by atoms with E-state index >= 15 is 0 Å². The van der Waals surface area contributed by atoms with Gasteiger partial charge in [-0.2, -0.15) is 4.99 Å². The first-order valence-electron chi connectivity index (χ1n) is 12.3. The number of rotatable bonds is 6. The largest absolute Gasteiger partial charge is 0.497 e. The summed E-state index contributed by atoms with van der Waals surface area (Å²) in [7, 11) is 1.63. The molecule has 0 bridgehead atoms. The van der Waals surface area contributed by atoms with Crippen LogP contribution in [0.5, 0.6) is 5.75 Å². The molecule has 6 rings (SSSR count). The highest BCUT2D eigenvalue weighted by Gasteiger charge is 2.49. The van der Waals surface area contributed by atoms with Crippen molar-refractivity contribution in [2.24, 2.45) is 10.1 Å². The second kappa shape index (κ2) is 9.54. The van der Waals surface area contributed by atoms with E-state index in [1.165, 1.54) is 0 Å². The zero-order valence-electron chi connectivity index (χ0n) is 20.6. The van der Waals surface area contributed by atoms with Crippen molar-refractivity contribution < 1.29 is 9.47 Å². The van der Waals surface area contributed by atoms with Gasteiger partial charge < -0.3 is 19.7 Å². The first kappa shape index (κ1) is 23.0. The summed E-state index contributed by atoms with van der Waals surface area (Å²) in [6.07, 6.45) is 6.39. The Balaban J connectivity index is 1.47. The molecule has 1 atom stereocenters. The number of hydrogen-bond acceptors (Lipinski definition) is 7. The van der Waals surface area contributed by atoms with E-state index in [1.54, 1.807) is 7.11 Å². The standard InChI is InChI=1S/C29H27N6O2/c1-36-25-9-5-8-23(17-25)29-32-27-11-10-22-16-24(34-12-14-37-15-13-34)18-26(28(22)35(27,20-30)33-29)31-19-21-6-3-2-4-7-21/h2-11,16-18,31H,12-15,19H2,1H3/q+1. The van der Waals surface area contributed by atoms with E-state index in [9.17, 15) is 5.26 Å². The highest BCUT2D eigenvalue weighted by atomic mass is 16.5. The molecule has 0 aliphatic carbocycles. The summed E-state index contributed by atoms with van der Waals surface area (Å²) >= 11 is 0. The average Bonchev–Trinajstić information content (AvgIpc) is 3.37. The number of anilines is 2. The average molecular weight is 492 g/mol. The number of ether oxygens (including phenoxy) is 2. The van der Waals surface area contributed by atoms with Crippen LogP contribution in [0.2, 0.25) is 0 Å². The predicted octanol–water partition coefficient (Wildman–Crippen LogP) is 4.73. The van der Waals surface area contributed by atoms with Crippen molar-refractivity contribution in [2.75, 3.05) is 43.6 Å². The fraction of sp³-hybridized carbons (Fsp3) is 0.207. The molecule has 8 heteroatoms. The molecule has 3 heterocycles. The summed E-state index contributed by atoms with van der Waals surface area (Å²) in [5, 5.41) is 19.1. The van der Waals surface area contributed by atoms with Gasteiger partial charge in [0.25, 0.3) is 5.84 Å². The van der Waals surface area contributed by atoms with Crippen molar-refractivity contribution in [3.05, 3.63) is 89.5 Å². The van der Waals surface area contributed by atoms with Gasteiger partial charge in [0.2, 0.25) is 11.5 Å². The number of quaternary nitrogens is 1. The Hall–Kier alpha value is -4.45. The van der Waals surface area contributed by atoms with Gasteiger partial charge in [0.05, 0.1) is 20.3 Å². The van der Waals surface area contributed by atoms with Crippen LogP contribution in [-0.4, -0.2) is 45.1 Å². The Bertz CT molecular complexity index is 1470.